The Hall–Kier alpha value is -1.71. The van der Waals surface area contributed by atoms with Crippen molar-refractivity contribution in [2.75, 3.05) is 0 Å². The molecule has 0 aromatic heterocycles. The highest BCUT2D eigenvalue weighted by Crippen LogP contribution is 2.75. The van der Waals surface area contributed by atoms with Gasteiger partial charge in [0.1, 0.15) is 0 Å². The number of allylic oxidation sites excluding steroid dienone is 6. The Balaban J connectivity index is 2.41. The summed E-state index contributed by atoms with van der Waals surface area (Å²) >= 11 is 0. The van der Waals surface area contributed by atoms with Gasteiger partial charge in [-0.1, -0.05) is 31.6 Å². The van der Waals surface area contributed by atoms with Crippen LogP contribution in [0.1, 0.15) is 20.8 Å². The molecule has 0 N–H and O–H groups in total. The van der Waals surface area contributed by atoms with Gasteiger partial charge in [-0.05, 0) is 12.5 Å². The van der Waals surface area contributed by atoms with Gasteiger partial charge in [0.2, 0.25) is 0 Å². The molecule has 0 amide bonds. The summed E-state index contributed by atoms with van der Waals surface area (Å²) in [5, 5.41) is 9.34. The van der Waals surface area contributed by atoms with Crippen LogP contribution in [-0.4, -0.2) is 12.4 Å². The predicted octanol–water partition coefficient (Wildman–Crippen LogP) is 5.09. The van der Waals surface area contributed by atoms with E-state index < -0.39 is 46.2 Å². The van der Waals surface area contributed by atoms with Gasteiger partial charge in [0, 0.05) is 16.7 Å². The fraction of sp³-hybridized carbons (Fsp3) is 0.562. The van der Waals surface area contributed by atoms with Gasteiger partial charge in [0.05, 0.1) is 23.1 Å². The van der Waals surface area contributed by atoms with Gasteiger partial charge in [-0.15, -0.1) is 0 Å². The van der Waals surface area contributed by atoms with Crippen molar-refractivity contribution in [3.05, 3.63) is 34.4 Å². The second-order valence-corrected chi connectivity index (χ2v) is 6.81. The van der Waals surface area contributed by atoms with Crippen LogP contribution in [0.25, 0.3) is 0 Å². The Kier molecular flexibility index (Phi) is 2.83. The summed E-state index contributed by atoms with van der Waals surface area (Å²) in [6.07, 6.45) is -7.75. The highest BCUT2D eigenvalue weighted by atomic mass is 19.4. The lowest BCUT2D eigenvalue weighted by Gasteiger charge is -2.42. The molecule has 0 saturated carbocycles. The first-order chi connectivity index (χ1) is 10.3. The topological polar surface area (TPSA) is 23.8 Å². The Morgan fingerprint density at radius 2 is 1.65 bits per heavy atom. The summed E-state index contributed by atoms with van der Waals surface area (Å²) in [4.78, 5) is 0. The molecule has 3 rings (SSSR count). The first kappa shape index (κ1) is 16.2. The van der Waals surface area contributed by atoms with Crippen molar-refractivity contribution in [2.24, 2.45) is 22.7 Å². The summed E-state index contributed by atoms with van der Waals surface area (Å²) in [6, 6.07) is 1.97. The average molecular weight is 333 g/mol. The fourth-order valence-electron chi connectivity index (χ4n) is 4.82. The number of nitriles is 1. The SMILES string of the molecule is CC1=C2C3C=CC2(C(C(F)(F)F)=C3C(F)(F)F)C(C)(C)C1C#N. The lowest BCUT2D eigenvalue weighted by molar-refractivity contribution is -0.126. The molecule has 0 aromatic rings. The van der Waals surface area contributed by atoms with Crippen molar-refractivity contribution in [2.45, 2.75) is 33.1 Å². The summed E-state index contributed by atoms with van der Waals surface area (Å²) in [7, 11) is 0. The molecule has 3 unspecified atom stereocenters. The number of halogens is 6. The Labute approximate surface area is 129 Å². The zero-order valence-electron chi connectivity index (χ0n) is 12.5. The Bertz CT molecular complexity index is 725. The highest BCUT2D eigenvalue weighted by molar-refractivity contribution is 5.66. The molecular weight excluding hydrogens is 320 g/mol. The first-order valence-corrected chi connectivity index (χ1v) is 7.01. The summed E-state index contributed by atoms with van der Waals surface area (Å²) in [6.45, 7) is 4.35. The van der Waals surface area contributed by atoms with E-state index in [-0.39, 0.29) is 5.57 Å². The second kappa shape index (κ2) is 4.03. The molecule has 124 valence electrons. The van der Waals surface area contributed by atoms with Crippen LogP contribution in [0, 0.1) is 34.0 Å². The summed E-state index contributed by atoms with van der Waals surface area (Å²) in [5.74, 6) is -2.29. The average Bonchev–Trinajstić information content (AvgIpc) is 2.93. The van der Waals surface area contributed by atoms with E-state index >= 15 is 0 Å². The highest BCUT2D eigenvalue weighted by Gasteiger charge is 2.73. The Morgan fingerprint density at radius 3 is 2.09 bits per heavy atom. The van der Waals surface area contributed by atoms with E-state index in [1.54, 1.807) is 0 Å². The Morgan fingerprint density at radius 1 is 1.09 bits per heavy atom. The zero-order chi connectivity index (χ0) is 17.6. The van der Waals surface area contributed by atoms with Crippen LogP contribution in [0.5, 0.6) is 0 Å². The molecule has 2 bridgehead atoms. The van der Waals surface area contributed by atoms with E-state index in [1.165, 1.54) is 32.9 Å². The molecule has 0 heterocycles. The lowest BCUT2D eigenvalue weighted by Crippen LogP contribution is -2.42. The smallest absolute Gasteiger partial charge is 0.198 e. The molecule has 0 radical (unpaired) electrons. The largest absolute Gasteiger partial charge is 0.414 e. The minimum Gasteiger partial charge on any atom is -0.198 e. The van der Waals surface area contributed by atoms with Crippen molar-refractivity contribution >= 4 is 0 Å². The van der Waals surface area contributed by atoms with Gasteiger partial charge in [-0.25, -0.2) is 0 Å². The number of alkyl halides is 6. The standard InChI is InChI=1S/C16H13F6N/c1-7-9(6-23)13(2,3)14-5-4-8(10(7)14)11(15(17,18)19)12(14)16(20,21)22/h4-5,8-9H,1-3H3. The number of hydrogen-bond donors (Lipinski definition) is 0. The quantitative estimate of drug-likeness (QED) is 0.447. The molecule has 0 saturated heterocycles. The molecule has 1 nitrogen and oxygen atoms in total. The maximum absolute atomic E-state index is 13.6. The molecule has 23 heavy (non-hydrogen) atoms. The second-order valence-electron chi connectivity index (χ2n) is 6.81. The molecule has 3 aliphatic rings. The molecule has 3 aliphatic carbocycles. The molecule has 0 aromatic carbocycles. The van der Waals surface area contributed by atoms with Crippen molar-refractivity contribution in [1.82, 2.24) is 0 Å². The van der Waals surface area contributed by atoms with Crippen LogP contribution < -0.4 is 0 Å². The van der Waals surface area contributed by atoms with E-state index in [4.69, 9.17) is 0 Å². The van der Waals surface area contributed by atoms with Crippen molar-refractivity contribution in [3.8, 4) is 6.07 Å². The fourth-order valence-corrected chi connectivity index (χ4v) is 4.82. The lowest BCUT2D eigenvalue weighted by atomic mass is 9.60. The van der Waals surface area contributed by atoms with Gasteiger partial charge in [0.15, 0.2) is 0 Å². The molecule has 0 spiro atoms. The zero-order valence-corrected chi connectivity index (χ0v) is 12.5. The molecular formula is C16H13F6N. The third kappa shape index (κ3) is 1.59. The summed E-state index contributed by atoms with van der Waals surface area (Å²) in [5.41, 5.74) is -5.84. The van der Waals surface area contributed by atoms with Gasteiger partial charge < -0.3 is 0 Å². The molecule has 7 heteroatoms. The van der Waals surface area contributed by atoms with Crippen molar-refractivity contribution < 1.29 is 26.3 Å². The first-order valence-electron chi connectivity index (χ1n) is 7.01. The molecule has 3 atom stereocenters. The minimum absolute atomic E-state index is 0.0914. The maximum atomic E-state index is 13.6. The van der Waals surface area contributed by atoms with E-state index in [1.807, 2.05) is 6.07 Å². The monoisotopic (exact) mass is 333 g/mol. The molecule has 0 fully saturated rings. The summed E-state index contributed by atoms with van der Waals surface area (Å²) < 4.78 is 81.1. The van der Waals surface area contributed by atoms with E-state index in [9.17, 15) is 31.6 Å². The van der Waals surface area contributed by atoms with Crippen LogP contribution in [0.2, 0.25) is 0 Å². The van der Waals surface area contributed by atoms with E-state index in [2.05, 4.69) is 0 Å². The van der Waals surface area contributed by atoms with Gasteiger partial charge >= 0.3 is 12.4 Å². The predicted molar refractivity (Wildman–Crippen MR) is 69.8 cm³/mol. The van der Waals surface area contributed by atoms with Crippen LogP contribution in [-0.2, 0) is 0 Å². The molecule has 0 aliphatic heterocycles. The van der Waals surface area contributed by atoms with Crippen molar-refractivity contribution in [3.63, 3.8) is 0 Å². The van der Waals surface area contributed by atoms with Crippen LogP contribution >= 0.6 is 0 Å². The van der Waals surface area contributed by atoms with Crippen molar-refractivity contribution in [1.29, 1.82) is 5.26 Å². The third-order valence-electron chi connectivity index (χ3n) is 5.56. The normalized spacial score (nSPS) is 35.1. The van der Waals surface area contributed by atoms with E-state index in [0.717, 1.165) is 0 Å². The number of hydrogen-bond acceptors (Lipinski definition) is 1. The van der Waals surface area contributed by atoms with Crippen LogP contribution in [0.15, 0.2) is 34.4 Å². The third-order valence-corrected chi connectivity index (χ3v) is 5.56. The van der Waals surface area contributed by atoms with Gasteiger partial charge in [0.25, 0.3) is 0 Å². The van der Waals surface area contributed by atoms with Crippen LogP contribution in [0.4, 0.5) is 26.3 Å². The minimum atomic E-state index is -5.11. The van der Waals surface area contributed by atoms with Gasteiger partial charge in [-0.2, -0.15) is 31.6 Å². The number of rotatable bonds is 0. The maximum Gasteiger partial charge on any atom is 0.414 e. The number of nitrogens with zero attached hydrogens (tertiary/aromatic N) is 1. The van der Waals surface area contributed by atoms with Crippen LogP contribution in [0.3, 0.4) is 0 Å². The van der Waals surface area contributed by atoms with Gasteiger partial charge in [-0.3, -0.25) is 0 Å². The van der Waals surface area contributed by atoms with E-state index in [0.29, 0.717) is 5.57 Å².